The van der Waals surface area contributed by atoms with Crippen LogP contribution < -0.4 is 4.74 Å². The molecule has 5 heteroatoms. The summed E-state index contributed by atoms with van der Waals surface area (Å²) in [5.41, 5.74) is 4.07. The van der Waals surface area contributed by atoms with Crippen molar-refractivity contribution in [1.82, 2.24) is 15.4 Å². The van der Waals surface area contributed by atoms with E-state index >= 15 is 0 Å². The van der Waals surface area contributed by atoms with E-state index < -0.39 is 0 Å². The highest BCUT2D eigenvalue weighted by Gasteiger charge is 2.20. The van der Waals surface area contributed by atoms with Crippen LogP contribution in [0.25, 0.3) is 11.1 Å². The van der Waals surface area contributed by atoms with Gasteiger partial charge in [-0.2, -0.15) is 0 Å². The lowest BCUT2D eigenvalue weighted by Gasteiger charge is -2.01. The quantitative estimate of drug-likeness (QED) is 0.593. The molecule has 0 fully saturated rings. The van der Waals surface area contributed by atoms with E-state index in [-0.39, 0.29) is 0 Å². The molecule has 3 rings (SSSR count). The molecular formula is C11H7N3O2. The van der Waals surface area contributed by atoms with Gasteiger partial charge >= 0.3 is 0 Å². The summed E-state index contributed by atoms with van der Waals surface area (Å²) in [7, 11) is 0. The Hall–Kier alpha value is -2.30. The monoisotopic (exact) mass is 213 g/mol. The normalized spacial score (nSPS) is 11.8. The van der Waals surface area contributed by atoms with Crippen molar-refractivity contribution < 1.29 is 9.53 Å². The lowest BCUT2D eigenvalue weighted by atomic mass is 10.1. The van der Waals surface area contributed by atoms with Crippen molar-refractivity contribution in [3.63, 3.8) is 0 Å². The Morgan fingerprint density at radius 3 is 3.12 bits per heavy atom. The highest BCUT2D eigenvalue weighted by atomic mass is 16.5. The Labute approximate surface area is 91.1 Å². The van der Waals surface area contributed by atoms with Gasteiger partial charge in [0.15, 0.2) is 0 Å². The van der Waals surface area contributed by atoms with Gasteiger partial charge in [-0.05, 0) is 28.5 Å². The second-order valence-electron chi connectivity index (χ2n) is 3.50. The molecule has 0 unspecified atom stereocenters. The highest BCUT2D eigenvalue weighted by molar-refractivity contribution is 5.75. The fourth-order valence-corrected chi connectivity index (χ4v) is 1.94. The third kappa shape index (κ3) is 1.25. The Balaban J connectivity index is 2.10. The number of ether oxygens (including phenoxy) is 1. The van der Waals surface area contributed by atoms with E-state index in [1.54, 1.807) is 12.3 Å². The van der Waals surface area contributed by atoms with Gasteiger partial charge < -0.3 is 4.74 Å². The Kier molecular flexibility index (Phi) is 1.89. The Morgan fingerprint density at radius 2 is 2.25 bits per heavy atom. The Bertz CT molecular complexity index is 569. The summed E-state index contributed by atoms with van der Waals surface area (Å²) in [4.78, 5) is 10.2. The summed E-state index contributed by atoms with van der Waals surface area (Å²) in [5, 5.41) is 11.4. The summed E-state index contributed by atoms with van der Waals surface area (Å²) >= 11 is 0. The molecule has 1 aliphatic carbocycles. The first-order valence-electron chi connectivity index (χ1n) is 4.79. The van der Waals surface area contributed by atoms with E-state index in [4.69, 9.17) is 4.74 Å². The summed E-state index contributed by atoms with van der Waals surface area (Å²) in [6, 6.07) is 5.50. The average Bonchev–Trinajstić information content (AvgIpc) is 2.67. The zero-order chi connectivity index (χ0) is 11.0. The zero-order valence-electron chi connectivity index (χ0n) is 8.25. The van der Waals surface area contributed by atoms with Crippen molar-refractivity contribution in [3.05, 3.63) is 35.7 Å². The molecule has 78 valence electrons. The summed E-state index contributed by atoms with van der Waals surface area (Å²) in [6.07, 6.45) is 2.41. The van der Waals surface area contributed by atoms with Crippen molar-refractivity contribution >= 4 is 6.47 Å². The third-order valence-corrected chi connectivity index (χ3v) is 2.62. The van der Waals surface area contributed by atoms with Crippen LogP contribution >= 0.6 is 0 Å². The van der Waals surface area contributed by atoms with E-state index in [1.165, 1.54) is 0 Å². The molecule has 0 N–H and O–H groups in total. The molecule has 1 aromatic carbocycles. The lowest BCUT2D eigenvalue weighted by Crippen LogP contribution is -1.92. The zero-order valence-corrected chi connectivity index (χ0v) is 8.25. The fraction of sp³-hybridized carbons (Fsp3) is 0.0909. The molecule has 1 heterocycles. The van der Waals surface area contributed by atoms with Crippen LogP contribution in [0.4, 0.5) is 0 Å². The van der Waals surface area contributed by atoms with Crippen LogP contribution in [0, 0.1) is 0 Å². The van der Waals surface area contributed by atoms with Crippen LogP contribution in [-0.4, -0.2) is 21.9 Å². The van der Waals surface area contributed by atoms with E-state index in [0.717, 1.165) is 22.4 Å². The van der Waals surface area contributed by atoms with Crippen LogP contribution in [0.15, 0.2) is 24.4 Å². The molecule has 0 aliphatic heterocycles. The molecule has 16 heavy (non-hydrogen) atoms. The van der Waals surface area contributed by atoms with Crippen LogP contribution in [0.5, 0.6) is 5.75 Å². The van der Waals surface area contributed by atoms with Gasteiger partial charge in [0.25, 0.3) is 6.47 Å². The maximum atomic E-state index is 10.2. The minimum atomic E-state index is 0.422. The minimum absolute atomic E-state index is 0.422. The summed E-state index contributed by atoms with van der Waals surface area (Å²) < 4.78 is 4.80. The second kappa shape index (κ2) is 3.37. The molecule has 1 aromatic heterocycles. The van der Waals surface area contributed by atoms with Crippen LogP contribution in [-0.2, 0) is 11.2 Å². The average molecular weight is 213 g/mol. The minimum Gasteiger partial charge on any atom is -0.429 e. The van der Waals surface area contributed by atoms with Crippen LogP contribution in [0.1, 0.15) is 11.3 Å². The van der Waals surface area contributed by atoms with Crippen LogP contribution in [0.2, 0.25) is 0 Å². The molecule has 0 bridgehead atoms. The van der Waals surface area contributed by atoms with E-state index in [9.17, 15) is 4.79 Å². The third-order valence-electron chi connectivity index (χ3n) is 2.62. The predicted octanol–water partition coefficient (Wildman–Crippen LogP) is 0.978. The molecule has 1 aliphatic rings. The molecule has 0 saturated carbocycles. The number of carbonyl (C=O) groups is 1. The molecule has 5 nitrogen and oxygen atoms in total. The fourth-order valence-electron chi connectivity index (χ4n) is 1.94. The first-order chi connectivity index (χ1) is 7.88. The summed E-state index contributed by atoms with van der Waals surface area (Å²) in [6.45, 7) is 0.422. The molecule has 0 spiro atoms. The Morgan fingerprint density at radius 1 is 1.31 bits per heavy atom. The van der Waals surface area contributed by atoms with Crippen molar-refractivity contribution in [2.45, 2.75) is 6.42 Å². The highest BCUT2D eigenvalue weighted by Crippen LogP contribution is 2.36. The first kappa shape index (κ1) is 8.96. The summed E-state index contributed by atoms with van der Waals surface area (Å²) in [5.74, 6) is 0.544. The smallest absolute Gasteiger partial charge is 0.298 e. The van der Waals surface area contributed by atoms with Crippen molar-refractivity contribution in [2.24, 2.45) is 0 Å². The standard InChI is InChI=1S/C11H7N3O2/c15-6-16-8-1-2-9-7(3-8)4-11-10(9)5-12-14-13-11/h1-3,5-6H,4H2. The second-order valence-corrected chi connectivity index (χ2v) is 3.50. The van der Waals surface area contributed by atoms with Gasteiger partial charge in [0, 0.05) is 12.0 Å². The van der Waals surface area contributed by atoms with E-state index in [2.05, 4.69) is 15.4 Å². The topological polar surface area (TPSA) is 65.0 Å². The SMILES string of the molecule is O=COc1ccc2c(c1)Cc1nnncc1-2. The number of fused-ring (bicyclic) bond motifs is 3. The largest absolute Gasteiger partial charge is 0.429 e. The number of benzene rings is 1. The number of aromatic nitrogens is 3. The molecular weight excluding hydrogens is 206 g/mol. The van der Waals surface area contributed by atoms with E-state index in [1.807, 2.05) is 12.1 Å². The molecule has 0 amide bonds. The first-order valence-corrected chi connectivity index (χ1v) is 4.79. The van der Waals surface area contributed by atoms with Gasteiger partial charge in [-0.1, -0.05) is 6.07 Å². The maximum Gasteiger partial charge on any atom is 0.298 e. The van der Waals surface area contributed by atoms with Gasteiger partial charge in [-0.15, -0.1) is 10.2 Å². The number of hydrogen-bond donors (Lipinski definition) is 0. The van der Waals surface area contributed by atoms with Crippen molar-refractivity contribution in [1.29, 1.82) is 0 Å². The maximum absolute atomic E-state index is 10.2. The van der Waals surface area contributed by atoms with Gasteiger partial charge in [-0.3, -0.25) is 4.79 Å². The van der Waals surface area contributed by atoms with Crippen LogP contribution in [0.3, 0.4) is 0 Å². The lowest BCUT2D eigenvalue weighted by molar-refractivity contribution is -0.120. The predicted molar refractivity (Wildman–Crippen MR) is 54.8 cm³/mol. The number of carbonyl (C=O) groups excluding carboxylic acids is 1. The number of nitrogens with zero attached hydrogens (tertiary/aromatic N) is 3. The number of rotatable bonds is 2. The van der Waals surface area contributed by atoms with E-state index in [0.29, 0.717) is 18.6 Å². The molecule has 0 atom stereocenters. The van der Waals surface area contributed by atoms with Gasteiger partial charge in [0.1, 0.15) is 5.75 Å². The molecule has 0 saturated heterocycles. The number of hydrogen-bond acceptors (Lipinski definition) is 5. The van der Waals surface area contributed by atoms with Gasteiger partial charge in [0.05, 0.1) is 11.9 Å². The van der Waals surface area contributed by atoms with Crippen molar-refractivity contribution in [2.75, 3.05) is 0 Å². The van der Waals surface area contributed by atoms with Crippen molar-refractivity contribution in [3.8, 4) is 16.9 Å². The molecule has 2 aromatic rings. The van der Waals surface area contributed by atoms with Gasteiger partial charge in [0.2, 0.25) is 0 Å². The molecule has 0 radical (unpaired) electrons. The van der Waals surface area contributed by atoms with Gasteiger partial charge in [-0.25, -0.2) is 0 Å².